The Morgan fingerprint density at radius 3 is 2.70 bits per heavy atom. The predicted molar refractivity (Wildman–Crippen MR) is 70.5 cm³/mol. The predicted octanol–water partition coefficient (Wildman–Crippen LogP) is 0.521. The fourth-order valence-corrected chi connectivity index (χ4v) is 1.88. The number of nitrogens with zero attached hydrogens (tertiary/aromatic N) is 3. The van der Waals surface area contributed by atoms with E-state index in [0.29, 0.717) is 22.8 Å². The van der Waals surface area contributed by atoms with Crippen LogP contribution in [0.1, 0.15) is 17.4 Å². The van der Waals surface area contributed by atoms with Gasteiger partial charge in [0.1, 0.15) is 23.3 Å². The van der Waals surface area contributed by atoms with Crippen molar-refractivity contribution in [1.29, 1.82) is 0 Å². The summed E-state index contributed by atoms with van der Waals surface area (Å²) in [6.45, 7) is 0.0229. The summed E-state index contributed by atoms with van der Waals surface area (Å²) < 4.78 is 11.8. The van der Waals surface area contributed by atoms with Gasteiger partial charge in [-0.2, -0.15) is 0 Å². The van der Waals surface area contributed by atoms with Crippen molar-refractivity contribution in [3.8, 4) is 11.5 Å². The Bertz CT molecular complexity index is 570. The van der Waals surface area contributed by atoms with Crippen molar-refractivity contribution in [3.05, 3.63) is 35.7 Å². The summed E-state index contributed by atoms with van der Waals surface area (Å²) in [6.07, 6.45) is 0.754. The molecule has 0 bridgehead atoms. The molecular weight excluding hydrogens is 262 g/mol. The Balaban J connectivity index is 2.20. The van der Waals surface area contributed by atoms with Crippen molar-refractivity contribution < 1.29 is 19.7 Å². The van der Waals surface area contributed by atoms with Crippen LogP contribution in [0.5, 0.6) is 11.5 Å². The number of benzene rings is 1. The molecule has 108 valence electrons. The van der Waals surface area contributed by atoms with Gasteiger partial charge in [-0.3, -0.25) is 0 Å². The Hall–Kier alpha value is -2.12. The van der Waals surface area contributed by atoms with Crippen molar-refractivity contribution in [2.24, 2.45) is 0 Å². The molecule has 1 atom stereocenters. The van der Waals surface area contributed by atoms with Gasteiger partial charge in [-0.15, -0.1) is 5.10 Å². The van der Waals surface area contributed by atoms with Crippen LogP contribution >= 0.6 is 0 Å². The maximum atomic E-state index is 10.3. The lowest BCUT2D eigenvalue weighted by molar-refractivity contribution is 0.146. The van der Waals surface area contributed by atoms with Gasteiger partial charge in [-0.25, -0.2) is 4.68 Å². The molecule has 1 heterocycles. The molecule has 2 N–H and O–H groups in total. The molecule has 0 aliphatic rings. The highest BCUT2D eigenvalue weighted by Crippen LogP contribution is 2.30. The first-order valence-corrected chi connectivity index (χ1v) is 6.07. The number of aromatic nitrogens is 3. The zero-order valence-corrected chi connectivity index (χ0v) is 11.4. The molecule has 1 unspecified atom stereocenters. The third-order valence-corrected chi connectivity index (χ3v) is 2.90. The third kappa shape index (κ3) is 3.06. The zero-order chi connectivity index (χ0) is 14.5. The molecule has 1 aromatic carbocycles. The van der Waals surface area contributed by atoms with Crippen LogP contribution in [0.4, 0.5) is 0 Å². The molecule has 0 radical (unpaired) electrons. The van der Waals surface area contributed by atoms with E-state index in [0.717, 1.165) is 0 Å². The Morgan fingerprint density at radius 2 is 2.10 bits per heavy atom. The first-order chi connectivity index (χ1) is 9.67. The molecular formula is C13H17N3O4. The van der Waals surface area contributed by atoms with E-state index < -0.39 is 6.10 Å². The summed E-state index contributed by atoms with van der Waals surface area (Å²) >= 11 is 0. The summed E-state index contributed by atoms with van der Waals surface area (Å²) in [6, 6.07) is 5.21. The molecule has 0 saturated carbocycles. The quantitative estimate of drug-likeness (QED) is 0.801. The van der Waals surface area contributed by atoms with Gasteiger partial charge in [-0.1, -0.05) is 5.21 Å². The molecule has 0 amide bonds. The normalized spacial score (nSPS) is 12.2. The van der Waals surface area contributed by atoms with Gasteiger partial charge in [-0.05, 0) is 18.2 Å². The molecule has 1 aromatic heterocycles. The standard InChI is InChI=1S/C13H17N3O4/c1-19-10-3-4-13(20-2)11(5-10)12(18)7-16-6-9(8-17)14-15-16/h3-6,12,17-18H,7-8H2,1-2H3. The number of methoxy groups -OCH3 is 2. The molecule has 0 spiro atoms. The fourth-order valence-electron chi connectivity index (χ4n) is 1.88. The van der Waals surface area contributed by atoms with E-state index in [9.17, 15) is 5.11 Å². The molecule has 7 heteroatoms. The largest absolute Gasteiger partial charge is 0.497 e. The van der Waals surface area contributed by atoms with Crippen LogP contribution in [0.25, 0.3) is 0 Å². The minimum absolute atomic E-state index is 0.182. The van der Waals surface area contributed by atoms with Crippen LogP contribution in [0.3, 0.4) is 0 Å². The Kier molecular flexibility index (Phi) is 4.54. The van der Waals surface area contributed by atoms with Crippen molar-refractivity contribution in [2.75, 3.05) is 14.2 Å². The molecule has 0 aliphatic heterocycles. The highest BCUT2D eigenvalue weighted by atomic mass is 16.5. The van der Waals surface area contributed by atoms with Gasteiger partial charge >= 0.3 is 0 Å². The molecule has 2 aromatic rings. The smallest absolute Gasteiger partial charge is 0.125 e. The number of rotatable bonds is 6. The van der Waals surface area contributed by atoms with E-state index in [4.69, 9.17) is 14.6 Å². The lowest BCUT2D eigenvalue weighted by Gasteiger charge is -2.15. The Labute approximate surface area is 116 Å². The second kappa shape index (κ2) is 6.36. The lowest BCUT2D eigenvalue weighted by atomic mass is 10.1. The van der Waals surface area contributed by atoms with Crippen molar-refractivity contribution >= 4 is 0 Å². The third-order valence-electron chi connectivity index (χ3n) is 2.90. The summed E-state index contributed by atoms with van der Waals surface area (Å²) in [7, 11) is 3.10. The molecule has 2 rings (SSSR count). The summed E-state index contributed by atoms with van der Waals surface area (Å²) in [5.74, 6) is 1.20. The Morgan fingerprint density at radius 1 is 1.30 bits per heavy atom. The van der Waals surface area contributed by atoms with Gasteiger partial charge in [0, 0.05) is 5.56 Å². The fraction of sp³-hybridized carbons (Fsp3) is 0.385. The van der Waals surface area contributed by atoms with Gasteiger partial charge in [0.25, 0.3) is 0 Å². The SMILES string of the molecule is COc1ccc(OC)c(C(O)Cn2cc(CO)nn2)c1. The minimum Gasteiger partial charge on any atom is -0.497 e. The van der Waals surface area contributed by atoms with Gasteiger partial charge in [0.2, 0.25) is 0 Å². The summed E-state index contributed by atoms with van der Waals surface area (Å²) in [5, 5.41) is 26.8. The number of hydrogen-bond acceptors (Lipinski definition) is 6. The van der Waals surface area contributed by atoms with Crippen molar-refractivity contribution in [3.63, 3.8) is 0 Å². The van der Waals surface area contributed by atoms with Gasteiger partial charge in [0.05, 0.1) is 33.6 Å². The van der Waals surface area contributed by atoms with Crippen LogP contribution < -0.4 is 9.47 Å². The maximum absolute atomic E-state index is 10.3. The van der Waals surface area contributed by atoms with Crippen LogP contribution in [0.15, 0.2) is 24.4 Å². The van der Waals surface area contributed by atoms with Crippen LogP contribution in [0.2, 0.25) is 0 Å². The number of ether oxygens (including phenoxy) is 2. The van der Waals surface area contributed by atoms with E-state index in [1.807, 2.05) is 0 Å². The molecule has 0 saturated heterocycles. The second-order valence-electron chi connectivity index (χ2n) is 4.21. The number of hydrogen-bond donors (Lipinski definition) is 2. The molecule has 20 heavy (non-hydrogen) atoms. The monoisotopic (exact) mass is 279 g/mol. The van der Waals surface area contributed by atoms with Crippen LogP contribution in [-0.4, -0.2) is 39.4 Å². The minimum atomic E-state index is -0.826. The van der Waals surface area contributed by atoms with Crippen LogP contribution in [0, 0.1) is 0 Å². The molecule has 0 fully saturated rings. The lowest BCUT2D eigenvalue weighted by Crippen LogP contribution is -2.10. The van der Waals surface area contributed by atoms with E-state index in [1.165, 1.54) is 11.8 Å². The first kappa shape index (κ1) is 14.3. The van der Waals surface area contributed by atoms with E-state index in [-0.39, 0.29) is 13.2 Å². The molecule has 7 nitrogen and oxygen atoms in total. The average Bonchev–Trinajstić information content (AvgIpc) is 2.94. The van der Waals surface area contributed by atoms with Crippen molar-refractivity contribution in [1.82, 2.24) is 15.0 Å². The zero-order valence-electron chi connectivity index (χ0n) is 11.4. The summed E-state index contributed by atoms with van der Waals surface area (Å²) in [4.78, 5) is 0. The van der Waals surface area contributed by atoms with Crippen molar-refractivity contribution in [2.45, 2.75) is 19.3 Å². The van der Waals surface area contributed by atoms with E-state index >= 15 is 0 Å². The maximum Gasteiger partial charge on any atom is 0.125 e. The number of aliphatic hydroxyl groups is 2. The second-order valence-corrected chi connectivity index (χ2v) is 4.21. The highest BCUT2D eigenvalue weighted by molar-refractivity contribution is 5.41. The number of aliphatic hydroxyl groups excluding tert-OH is 2. The van der Waals surface area contributed by atoms with E-state index in [2.05, 4.69) is 10.3 Å². The highest BCUT2D eigenvalue weighted by Gasteiger charge is 2.16. The van der Waals surface area contributed by atoms with Crippen LogP contribution in [-0.2, 0) is 13.2 Å². The average molecular weight is 279 g/mol. The van der Waals surface area contributed by atoms with Gasteiger partial charge in [0.15, 0.2) is 0 Å². The topological polar surface area (TPSA) is 89.6 Å². The summed E-state index contributed by atoms with van der Waals surface area (Å²) in [5.41, 5.74) is 1.06. The molecule has 0 aliphatic carbocycles. The van der Waals surface area contributed by atoms with Gasteiger partial charge < -0.3 is 19.7 Å². The van der Waals surface area contributed by atoms with E-state index in [1.54, 1.807) is 31.5 Å². The first-order valence-electron chi connectivity index (χ1n) is 6.07.